The highest BCUT2D eigenvalue weighted by Gasteiger charge is 2.21. The molecule has 0 bridgehead atoms. The monoisotopic (exact) mass is 318 g/mol. The number of nitro groups is 1. The van der Waals surface area contributed by atoms with Gasteiger partial charge in [0.2, 0.25) is 0 Å². The molecule has 1 aromatic rings. The second-order valence-corrected chi connectivity index (χ2v) is 5.43. The SMILES string of the molecule is O=[N+]([O-])c1cc(Cl)c(Br)cc1NC1CCCC1. The molecule has 1 aliphatic carbocycles. The van der Waals surface area contributed by atoms with Crippen molar-refractivity contribution in [1.29, 1.82) is 0 Å². The van der Waals surface area contributed by atoms with Gasteiger partial charge < -0.3 is 5.32 Å². The minimum Gasteiger partial charge on any atom is -0.377 e. The Bertz CT molecular complexity index is 447. The number of benzene rings is 1. The van der Waals surface area contributed by atoms with E-state index < -0.39 is 4.92 Å². The number of nitrogens with one attached hydrogen (secondary N) is 1. The van der Waals surface area contributed by atoms with Crippen LogP contribution in [0.5, 0.6) is 0 Å². The van der Waals surface area contributed by atoms with E-state index in [0.717, 1.165) is 12.8 Å². The Hall–Kier alpha value is -0.810. The normalized spacial score (nSPS) is 16.1. The number of anilines is 1. The topological polar surface area (TPSA) is 55.2 Å². The fraction of sp³-hybridized carbons (Fsp3) is 0.455. The maximum atomic E-state index is 11.0. The van der Waals surface area contributed by atoms with Crippen LogP contribution >= 0.6 is 27.5 Å². The van der Waals surface area contributed by atoms with Crippen LogP contribution in [-0.2, 0) is 0 Å². The summed E-state index contributed by atoms with van der Waals surface area (Å²) in [6, 6.07) is 3.39. The Labute approximate surface area is 113 Å². The molecular weight excluding hydrogens is 307 g/mol. The molecule has 0 aliphatic heterocycles. The molecule has 0 atom stereocenters. The molecule has 1 saturated carbocycles. The molecule has 1 fully saturated rings. The summed E-state index contributed by atoms with van der Waals surface area (Å²) < 4.78 is 0.672. The highest BCUT2D eigenvalue weighted by Crippen LogP contribution is 2.35. The number of halogens is 2. The van der Waals surface area contributed by atoms with Gasteiger partial charge >= 0.3 is 0 Å². The van der Waals surface area contributed by atoms with Gasteiger partial charge in [0, 0.05) is 16.6 Å². The van der Waals surface area contributed by atoms with Crippen molar-refractivity contribution in [3.8, 4) is 0 Å². The van der Waals surface area contributed by atoms with Crippen LogP contribution in [0.15, 0.2) is 16.6 Å². The molecule has 0 spiro atoms. The molecule has 2 rings (SSSR count). The fourth-order valence-corrected chi connectivity index (χ4v) is 2.59. The quantitative estimate of drug-likeness (QED) is 0.665. The molecule has 92 valence electrons. The Morgan fingerprint density at radius 3 is 2.65 bits per heavy atom. The highest BCUT2D eigenvalue weighted by molar-refractivity contribution is 9.10. The molecule has 0 amide bonds. The van der Waals surface area contributed by atoms with E-state index in [4.69, 9.17) is 11.6 Å². The Balaban J connectivity index is 2.29. The first kappa shape index (κ1) is 12.6. The van der Waals surface area contributed by atoms with Crippen LogP contribution in [0.4, 0.5) is 11.4 Å². The Kier molecular flexibility index (Phi) is 3.89. The highest BCUT2D eigenvalue weighted by atomic mass is 79.9. The summed E-state index contributed by atoms with van der Waals surface area (Å²) in [5.74, 6) is 0. The molecule has 1 N–H and O–H groups in total. The molecule has 0 aromatic heterocycles. The molecule has 6 heteroatoms. The van der Waals surface area contributed by atoms with Gasteiger partial charge in [0.1, 0.15) is 5.69 Å². The molecule has 0 heterocycles. The van der Waals surface area contributed by atoms with E-state index in [9.17, 15) is 10.1 Å². The van der Waals surface area contributed by atoms with Gasteiger partial charge in [0.05, 0.1) is 9.95 Å². The maximum Gasteiger partial charge on any atom is 0.293 e. The average molecular weight is 320 g/mol. The van der Waals surface area contributed by atoms with Crippen LogP contribution in [0.25, 0.3) is 0 Å². The summed E-state index contributed by atoms with van der Waals surface area (Å²) in [7, 11) is 0. The van der Waals surface area contributed by atoms with Crippen LogP contribution in [0.3, 0.4) is 0 Å². The third-order valence-electron chi connectivity index (χ3n) is 2.95. The lowest BCUT2D eigenvalue weighted by Crippen LogP contribution is -2.15. The van der Waals surface area contributed by atoms with E-state index in [0.29, 0.717) is 21.2 Å². The lowest BCUT2D eigenvalue weighted by molar-refractivity contribution is -0.384. The number of rotatable bonds is 3. The number of hydrogen-bond acceptors (Lipinski definition) is 3. The Morgan fingerprint density at radius 1 is 1.41 bits per heavy atom. The van der Waals surface area contributed by atoms with Crippen LogP contribution in [0.2, 0.25) is 5.02 Å². The van der Waals surface area contributed by atoms with Crippen LogP contribution < -0.4 is 5.32 Å². The molecule has 17 heavy (non-hydrogen) atoms. The second kappa shape index (κ2) is 5.23. The van der Waals surface area contributed by atoms with Gasteiger partial charge in [-0.2, -0.15) is 0 Å². The molecule has 0 unspecified atom stereocenters. The minimum absolute atomic E-state index is 0.0325. The van der Waals surface area contributed by atoms with Crippen LogP contribution in [0, 0.1) is 10.1 Å². The number of nitrogens with zero attached hydrogens (tertiary/aromatic N) is 1. The van der Waals surface area contributed by atoms with E-state index >= 15 is 0 Å². The summed E-state index contributed by atoms with van der Waals surface area (Å²) in [5.41, 5.74) is 0.572. The summed E-state index contributed by atoms with van der Waals surface area (Å²) in [4.78, 5) is 10.5. The van der Waals surface area contributed by atoms with Crippen molar-refractivity contribution in [3.63, 3.8) is 0 Å². The van der Waals surface area contributed by atoms with E-state index in [1.165, 1.54) is 18.9 Å². The third-order valence-corrected chi connectivity index (χ3v) is 4.15. The van der Waals surface area contributed by atoms with E-state index in [1.54, 1.807) is 6.07 Å². The van der Waals surface area contributed by atoms with Crippen molar-refractivity contribution in [2.45, 2.75) is 31.7 Å². The van der Waals surface area contributed by atoms with Crippen molar-refractivity contribution in [2.75, 3.05) is 5.32 Å². The summed E-state index contributed by atoms with van der Waals surface area (Å²) in [6.07, 6.45) is 4.50. The molecule has 4 nitrogen and oxygen atoms in total. The number of nitro benzene ring substituents is 1. The van der Waals surface area contributed by atoms with Crippen molar-refractivity contribution in [2.24, 2.45) is 0 Å². The van der Waals surface area contributed by atoms with Gasteiger partial charge in [-0.3, -0.25) is 10.1 Å². The second-order valence-electron chi connectivity index (χ2n) is 4.17. The van der Waals surface area contributed by atoms with Gasteiger partial charge in [0.25, 0.3) is 5.69 Å². The predicted molar refractivity (Wildman–Crippen MR) is 71.7 cm³/mol. The smallest absolute Gasteiger partial charge is 0.293 e. The Morgan fingerprint density at radius 2 is 2.06 bits per heavy atom. The molecule has 1 aromatic carbocycles. The van der Waals surface area contributed by atoms with Crippen molar-refractivity contribution >= 4 is 38.9 Å². The molecular formula is C11H12BrClN2O2. The molecule has 0 saturated heterocycles. The van der Waals surface area contributed by atoms with Crippen molar-refractivity contribution in [3.05, 3.63) is 31.7 Å². The van der Waals surface area contributed by atoms with Gasteiger partial charge in [-0.05, 0) is 34.8 Å². The largest absolute Gasteiger partial charge is 0.377 e. The zero-order valence-corrected chi connectivity index (χ0v) is 11.4. The van der Waals surface area contributed by atoms with Gasteiger partial charge in [0.15, 0.2) is 0 Å². The zero-order chi connectivity index (χ0) is 12.4. The van der Waals surface area contributed by atoms with Gasteiger partial charge in [-0.15, -0.1) is 0 Å². The van der Waals surface area contributed by atoms with E-state index in [1.807, 2.05) is 0 Å². The number of hydrogen-bond donors (Lipinski definition) is 1. The van der Waals surface area contributed by atoms with Gasteiger partial charge in [-0.1, -0.05) is 24.4 Å². The van der Waals surface area contributed by atoms with E-state index in [2.05, 4.69) is 21.2 Å². The zero-order valence-electron chi connectivity index (χ0n) is 9.08. The van der Waals surface area contributed by atoms with Crippen molar-refractivity contribution in [1.82, 2.24) is 0 Å². The van der Waals surface area contributed by atoms with Crippen LogP contribution in [-0.4, -0.2) is 11.0 Å². The standard InChI is InChI=1S/C11H12BrClN2O2/c12-8-5-10(14-7-3-1-2-4-7)11(15(16)17)6-9(8)13/h5-7,14H,1-4H2. The summed E-state index contributed by atoms with van der Waals surface area (Å²) >= 11 is 9.15. The van der Waals surface area contributed by atoms with E-state index in [-0.39, 0.29) is 5.69 Å². The summed E-state index contributed by atoms with van der Waals surface area (Å²) in [5, 5.41) is 14.5. The lowest BCUT2D eigenvalue weighted by atomic mass is 10.2. The first-order valence-electron chi connectivity index (χ1n) is 5.48. The fourth-order valence-electron chi connectivity index (χ4n) is 2.09. The predicted octanol–water partition coefficient (Wildman–Crippen LogP) is 4.37. The first-order chi connectivity index (χ1) is 8.08. The lowest BCUT2D eigenvalue weighted by Gasteiger charge is -2.14. The van der Waals surface area contributed by atoms with Crippen molar-refractivity contribution < 1.29 is 4.92 Å². The third kappa shape index (κ3) is 2.90. The first-order valence-corrected chi connectivity index (χ1v) is 6.65. The molecule has 1 aliphatic rings. The minimum atomic E-state index is -0.407. The van der Waals surface area contributed by atoms with Gasteiger partial charge in [-0.25, -0.2) is 0 Å². The average Bonchev–Trinajstić information content (AvgIpc) is 2.75. The molecule has 0 radical (unpaired) electrons. The summed E-state index contributed by atoms with van der Waals surface area (Å²) in [6.45, 7) is 0. The van der Waals surface area contributed by atoms with Crippen LogP contribution in [0.1, 0.15) is 25.7 Å². The maximum absolute atomic E-state index is 11.0.